The number of carbonyl (C=O) groups excluding carboxylic acids is 3. The van der Waals surface area contributed by atoms with E-state index < -0.39 is 29.8 Å². The third-order valence-electron chi connectivity index (χ3n) is 4.91. The Kier molecular flexibility index (Phi) is 8.95. The van der Waals surface area contributed by atoms with Crippen molar-refractivity contribution in [3.8, 4) is 0 Å². The minimum Gasteiger partial charge on any atom is -0.384 e. The van der Waals surface area contributed by atoms with Crippen LogP contribution in [0, 0.1) is 6.92 Å². The van der Waals surface area contributed by atoms with Crippen LogP contribution in [-0.4, -0.2) is 34.8 Å². The predicted molar refractivity (Wildman–Crippen MR) is 118 cm³/mol. The summed E-state index contributed by atoms with van der Waals surface area (Å²) >= 11 is 0. The van der Waals surface area contributed by atoms with Gasteiger partial charge in [-0.05, 0) is 43.4 Å². The van der Waals surface area contributed by atoms with Crippen molar-refractivity contribution < 1.29 is 14.4 Å². The number of amides is 3. The van der Waals surface area contributed by atoms with Crippen LogP contribution >= 0.6 is 0 Å². The number of nitrogens with two attached hydrogens (primary N) is 3. The van der Waals surface area contributed by atoms with Crippen molar-refractivity contribution in [1.82, 2.24) is 15.6 Å². The molecule has 8 N–H and O–H groups in total. The molecule has 0 bridgehead atoms. The summed E-state index contributed by atoms with van der Waals surface area (Å²) in [6.07, 6.45) is 1.10. The lowest BCUT2D eigenvalue weighted by Crippen LogP contribution is -2.51. The van der Waals surface area contributed by atoms with Gasteiger partial charge < -0.3 is 27.8 Å². The van der Waals surface area contributed by atoms with Gasteiger partial charge in [-0.2, -0.15) is 0 Å². The molecule has 166 valence electrons. The Morgan fingerprint density at radius 3 is 2.39 bits per heavy atom. The minimum absolute atomic E-state index is 0.0416. The number of nitrogens with zero attached hydrogens (tertiary/aromatic N) is 1. The van der Waals surface area contributed by atoms with Crippen LogP contribution in [0.4, 0.5) is 5.82 Å². The maximum Gasteiger partial charge on any atom is 0.242 e. The third kappa shape index (κ3) is 8.06. The first-order chi connectivity index (χ1) is 14.8. The fourth-order valence-electron chi connectivity index (χ4n) is 3.03. The summed E-state index contributed by atoms with van der Waals surface area (Å²) in [6, 6.07) is 11.4. The van der Waals surface area contributed by atoms with Crippen LogP contribution in [0.25, 0.3) is 0 Å². The molecule has 1 aromatic carbocycles. The molecule has 1 heterocycles. The van der Waals surface area contributed by atoms with E-state index in [9.17, 15) is 14.4 Å². The molecule has 2 rings (SSSR count). The molecule has 0 aliphatic carbocycles. The Balaban J connectivity index is 1.94. The molecule has 0 saturated carbocycles. The van der Waals surface area contributed by atoms with Crippen LogP contribution in [0.15, 0.2) is 42.5 Å². The quantitative estimate of drug-likeness (QED) is 0.346. The monoisotopic (exact) mass is 426 g/mol. The van der Waals surface area contributed by atoms with Gasteiger partial charge in [0, 0.05) is 18.7 Å². The van der Waals surface area contributed by atoms with E-state index in [1.807, 2.05) is 30.3 Å². The van der Waals surface area contributed by atoms with Gasteiger partial charge in [0.1, 0.15) is 11.9 Å². The lowest BCUT2D eigenvalue weighted by molar-refractivity contribution is -0.130. The number of aryl methyl sites for hydroxylation is 2. The number of carbonyl (C=O) groups is 3. The number of anilines is 1. The summed E-state index contributed by atoms with van der Waals surface area (Å²) in [5, 5.41) is 5.41. The van der Waals surface area contributed by atoms with Gasteiger partial charge in [-0.15, -0.1) is 0 Å². The second-order valence-corrected chi connectivity index (χ2v) is 7.40. The molecule has 0 saturated heterocycles. The molecule has 3 amide bonds. The van der Waals surface area contributed by atoms with Gasteiger partial charge in [-0.25, -0.2) is 4.98 Å². The summed E-state index contributed by atoms with van der Waals surface area (Å²) in [5.74, 6) is -1.05. The lowest BCUT2D eigenvalue weighted by atomic mass is 10.0. The van der Waals surface area contributed by atoms with E-state index in [1.165, 1.54) is 0 Å². The van der Waals surface area contributed by atoms with Crippen molar-refractivity contribution in [2.24, 2.45) is 11.5 Å². The van der Waals surface area contributed by atoms with Crippen molar-refractivity contribution in [2.45, 2.75) is 51.2 Å². The summed E-state index contributed by atoms with van der Waals surface area (Å²) < 4.78 is 0. The Labute approximate surface area is 181 Å². The average Bonchev–Trinajstić information content (AvgIpc) is 2.74. The molecule has 31 heavy (non-hydrogen) atoms. The first-order valence-electron chi connectivity index (χ1n) is 10.1. The van der Waals surface area contributed by atoms with Crippen LogP contribution in [0.5, 0.6) is 0 Å². The van der Waals surface area contributed by atoms with Gasteiger partial charge >= 0.3 is 0 Å². The Morgan fingerprint density at radius 2 is 1.74 bits per heavy atom. The van der Waals surface area contributed by atoms with Crippen molar-refractivity contribution >= 4 is 23.5 Å². The number of hydrogen-bond acceptors (Lipinski definition) is 6. The third-order valence-corrected chi connectivity index (χ3v) is 4.91. The maximum absolute atomic E-state index is 12.7. The molecule has 2 atom stereocenters. The first-order valence-corrected chi connectivity index (χ1v) is 10.1. The number of pyridine rings is 1. The van der Waals surface area contributed by atoms with Gasteiger partial charge in [0.2, 0.25) is 17.7 Å². The molecule has 9 heteroatoms. The molecular formula is C22H30N6O3. The van der Waals surface area contributed by atoms with Crippen LogP contribution in [0.3, 0.4) is 0 Å². The number of aromatic nitrogens is 1. The van der Waals surface area contributed by atoms with Crippen LogP contribution in [0.1, 0.15) is 36.1 Å². The zero-order chi connectivity index (χ0) is 22.8. The van der Waals surface area contributed by atoms with E-state index in [1.54, 1.807) is 19.1 Å². The highest BCUT2D eigenvalue weighted by Crippen LogP contribution is 2.09. The topological polar surface area (TPSA) is 166 Å². The highest BCUT2D eigenvalue weighted by molar-refractivity contribution is 5.90. The van der Waals surface area contributed by atoms with E-state index in [-0.39, 0.29) is 19.4 Å². The van der Waals surface area contributed by atoms with Gasteiger partial charge in [0.25, 0.3) is 0 Å². The van der Waals surface area contributed by atoms with E-state index in [0.29, 0.717) is 24.4 Å². The Bertz CT molecular complexity index is 903. The molecule has 0 radical (unpaired) electrons. The molecule has 0 fully saturated rings. The first kappa shape index (κ1) is 23.8. The smallest absolute Gasteiger partial charge is 0.242 e. The zero-order valence-corrected chi connectivity index (χ0v) is 17.6. The van der Waals surface area contributed by atoms with Gasteiger partial charge in [-0.1, -0.05) is 36.4 Å². The van der Waals surface area contributed by atoms with E-state index in [2.05, 4.69) is 15.6 Å². The van der Waals surface area contributed by atoms with Gasteiger partial charge in [0.05, 0.1) is 6.04 Å². The Morgan fingerprint density at radius 1 is 1.03 bits per heavy atom. The van der Waals surface area contributed by atoms with E-state index in [4.69, 9.17) is 17.2 Å². The number of nitrogens with one attached hydrogen (secondary N) is 2. The van der Waals surface area contributed by atoms with Gasteiger partial charge in [0.15, 0.2) is 0 Å². The molecule has 0 spiro atoms. The molecule has 9 nitrogen and oxygen atoms in total. The van der Waals surface area contributed by atoms with Gasteiger partial charge in [-0.3, -0.25) is 14.4 Å². The van der Waals surface area contributed by atoms with E-state index >= 15 is 0 Å². The number of rotatable bonds is 11. The molecular weight excluding hydrogens is 396 g/mol. The summed E-state index contributed by atoms with van der Waals surface area (Å²) in [7, 11) is 0. The van der Waals surface area contributed by atoms with Crippen LogP contribution < -0.4 is 27.8 Å². The zero-order valence-electron chi connectivity index (χ0n) is 17.6. The molecule has 0 aliphatic rings. The number of hydrogen-bond donors (Lipinski definition) is 5. The van der Waals surface area contributed by atoms with Crippen molar-refractivity contribution in [3.63, 3.8) is 0 Å². The number of benzene rings is 1. The SMILES string of the molecule is Cc1nc(N)ccc1CNC(=O)[C@H](CCC(N)=O)NC(=O)[C@H](N)CCc1ccccc1. The normalized spacial score (nSPS) is 12.6. The largest absolute Gasteiger partial charge is 0.384 e. The minimum atomic E-state index is -0.926. The highest BCUT2D eigenvalue weighted by atomic mass is 16.2. The molecule has 2 aromatic rings. The summed E-state index contributed by atoms with van der Waals surface area (Å²) in [5.41, 5.74) is 19.4. The summed E-state index contributed by atoms with van der Waals surface area (Å²) in [6.45, 7) is 2.00. The number of nitrogen functional groups attached to an aromatic ring is 1. The predicted octanol–water partition coefficient (Wildman–Crippen LogP) is 0.299. The standard InChI is InChI=1S/C22H30N6O3/c1-14-16(8-11-19(24)27-14)13-26-22(31)18(10-12-20(25)29)28-21(30)17(23)9-7-15-5-3-2-4-6-15/h2-6,8,11,17-18H,7,9-10,12-13,23H2,1H3,(H2,24,27)(H2,25,29)(H,26,31)(H,28,30)/t17-,18+/m1/s1. The van der Waals surface area contributed by atoms with Crippen LogP contribution in [0.2, 0.25) is 0 Å². The Hall–Kier alpha value is -3.46. The number of primary amides is 1. The molecule has 0 unspecified atom stereocenters. The summed E-state index contributed by atoms with van der Waals surface area (Å²) in [4.78, 5) is 40.6. The van der Waals surface area contributed by atoms with Crippen LogP contribution in [-0.2, 0) is 27.3 Å². The van der Waals surface area contributed by atoms with E-state index in [0.717, 1.165) is 11.1 Å². The average molecular weight is 427 g/mol. The van der Waals surface area contributed by atoms with Crippen molar-refractivity contribution in [3.05, 3.63) is 59.3 Å². The van der Waals surface area contributed by atoms with Crippen molar-refractivity contribution in [2.75, 3.05) is 5.73 Å². The molecule has 0 aliphatic heterocycles. The second kappa shape index (κ2) is 11.7. The van der Waals surface area contributed by atoms with Crippen molar-refractivity contribution in [1.29, 1.82) is 0 Å². The maximum atomic E-state index is 12.7. The second-order valence-electron chi connectivity index (χ2n) is 7.40. The fraction of sp³-hybridized carbons (Fsp3) is 0.364. The fourth-order valence-corrected chi connectivity index (χ4v) is 3.03. The highest BCUT2D eigenvalue weighted by Gasteiger charge is 2.24. The lowest BCUT2D eigenvalue weighted by Gasteiger charge is -2.20. The molecule has 1 aromatic heterocycles.